The molecule has 0 atom stereocenters. The fourth-order valence-corrected chi connectivity index (χ4v) is 6.29. The SMILES string of the molecule is O=C(Nc1ccc(S(=O)(=O)N2CCCCC2)cc1)c1ccc(S(=O)(=O)c2ccc(Cl)cc2)o1. The van der Waals surface area contributed by atoms with E-state index in [2.05, 4.69) is 5.32 Å². The molecule has 0 bridgehead atoms. The lowest BCUT2D eigenvalue weighted by Crippen LogP contribution is -2.35. The number of amides is 1. The van der Waals surface area contributed by atoms with Gasteiger partial charge in [-0.25, -0.2) is 16.8 Å². The highest BCUT2D eigenvalue weighted by atomic mass is 35.5. The molecule has 4 rings (SSSR count). The van der Waals surface area contributed by atoms with E-state index in [1.807, 2.05) is 0 Å². The van der Waals surface area contributed by atoms with Crippen LogP contribution in [0.3, 0.4) is 0 Å². The lowest BCUT2D eigenvalue weighted by Gasteiger charge is -2.25. The van der Waals surface area contributed by atoms with E-state index in [0.717, 1.165) is 19.3 Å². The van der Waals surface area contributed by atoms with Crippen molar-refractivity contribution in [2.24, 2.45) is 0 Å². The second-order valence-electron chi connectivity index (χ2n) is 7.52. The maximum absolute atomic E-state index is 12.7. The Kier molecular flexibility index (Phi) is 6.62. The molecular formula is C22H21ClN2O6S2. The summed E-state index contributed by atoms with van der Waals surface area (Å²) in [5.41, 5.74) is 0.344. The summed E-state index contributed by atoms with van der Waals surface area (Å²) < 4.78 is 57.6. The van der Waals surface area contributed by atoms with Crippen molar-refractivity contribution < 1.29 is 26.0 Å². The molecule has 2 aromatic carbocycles. The highest BCUT2D eigenvalue weighted by Crippen LogP contribution is 2.25. The van der Waals surface area contributed by atoms with Crippen molar-refractivity contribution in [3.8, 4) is 0 Å². The summed E-state index contributed by atoms with van der Waals surface area (Å²) in [6, 6.07) is 13.8. The molecule has 1 aromatic heterocycles. The number of hydrogen-bond acceptors (Lipinski definition) is 6. The van der Waals surface area contributed by atoms with Gasteiger partial charge in [0, 0.05) is 23.8 Å². The van der Waals surface area contributed by atoms with Gasteiger partial charge in [-0.15, -0.1) is 0 Å². The average Bonchev–Trinajstić information content (AvgIpc) is 3.32. The summed E-state index contributed by atoms with van der Waals surface area (Å²) in [6.45, 7) is 1.00. The van der Waals surface area contributed by atoms with E-state index < -0.39 is 25.8 Å². The Bertz CT molecular complexity index is 1360. The molecule has 1 fully saturated rings. The molecule has 174 valence electrons. The standard InChI is InChI=1S/C22H21ClN2O6S2/c23-16-4-8-18(9-5-16)32(27,28)21-13-12-20(31-21)22(26)24-17-6-10-19(11-7-17)33(29,30)25-14-2-1-3-15-25/h4-13H,1-3,14-15H2,(H,24,26). The van der Waals surface area contributed by atoms with Crippen LogP contribution in [0, 0.1) is 0 Å². The Hall–Kier alpha value is -2.66. The lowest BCUT2D eigenvalue weighted by molar-refractivity contribution is 0.0991. The third-order valence-electron chi connectivity index (χ3n) is 5.26. The van der Waals surface area contributed by atoms with Crippen molar-refractivity contribution in [3.05, 3.63) is 71.4 Å². The summed E-state index contributed by atoms with van der Waals surface area (Å²) in [6.07, 6.45) is 2.70. The van der Waals surface area contributed by atoms with Gasteiger partial charge in [0.25, 0.3) is 5.91 Å². The quantitative estimate of drug-likeness (QED) is 0.534. The van der Waals surface area contributed by atoms with Crippen molar-refractivity contribution in [1.29, 1.82) is 0 Å². The van der Waals surface area contributed by atoms with Crippen molar-refractivity contribution >= 4 is 43.1 Å². The fourth-order valence-electron chi connectivity index (χ4n) is 3.47. The largest absolute Gasteiger partial charge is 0.439 e. The van der Waals surface area contributed by atoms with Crippen molar-refractivity contribution in [1.82, 2.24) is 4.31 Å². The van der Waals surface area contributed by atoms with E-state index in [1.54, 1.807) is 0 Å². The molecule has 0 radical (unpaired) electrons. The molecule has 0 unspecified atom stereocenters. The molecular weight excluding hydrogens is 488 g/mol. The van der Waals surface area contributed by atoms with E-state index in [4.69, 9.17) is 16.0 Å². The summed E-state index contributed by atoms with van der Waals surface area (Å²) in [7, 11) is -7.53. The van der Waals surface area contributed by atoms with Crippen molar-refractivity contribution in [3.63, 3.8) is 0 Å². The van der Waals surface area contributed by atoms with Gasteiger partial charge in [0.1, 0.15) is 0 Å². The number of carbonyl (C=O) groups is 1. The van der Waals surface area contributed by atoms with Crippen LogP contribution < -0.4 is 5.32 Å². The van der Waals surface area contributed by atoms with Crippen molar-refractivity contribution in [2.75, 3.05) is 18.4 Å². The van der Waals surface area contributed by atoms with Gasteiger partial charge in [0.2, 0.25) is 25.0 Å². The maximum Gasteiger partial charge on any atom is 0.291 e. The molecule has 1 aliphatic heterocycles. The number of piperidine rings is 1. The van der Waals surface area contributed by atoms with Crippen LogP contribution in [0.25, 0.3) is 0 Å². The van der Waals surface area contributed by atoms with Gasteiger partial charge in [0.15, 0.2) is 5.76 Å². The number of anilines is 1. The van der Waals surface area contributed by atoms with Crippen LogP contribution in [-0.2, 0) is 19.9 Å². The molecule has 1 N–H and O–H groups in total. The summed E-state index contributed by atoms with van der Waals surface area (Å²) in [5, 5.41) is 2.59. The molecule has 2 heterocycles. The smallest absolute Gasteiger partial charge is 0.291 e. The molecule has 0 saturated carbocycles. The van der Waals surface area contributed by atoms with E-state index in [1.165, 1.54) is 65.0 Å². The molecule has 33 heavy (non-hydrogen) atoms. The number of furan rings is 1. The van der Waals surface area contributed by atoms with Gasteiger partial charge < -0.3 is 9.73 Å². The van der Waals surface area contributed by atoms with Crippen LogP contribution in [-0.4, -0.2) is 40.1 Å². The first kappa shape index (κ1) is 23.5. The number of carbonyl (C=O) groups excluding carboxylic acids is 1. The molecule has 3 aromatic rings. The first-order chi connectivity index (χ1) is 15.7. The number of sulfonamides is 1. The van der Waals surface area contributed by atoms with Gasteiger partial charge in [-0.05, 0) is 73.5 Å². The molecule has 8 nitrogen and oxygen atoms in total. The van der Waals surface area contributed by atoms with Crippen LogP contribution in [0.5, 0.6) is 0 Å². The number of hydrogen-bond donors (Lipinski definition) is 1. The zero-order chi connectivity index (χ0) is 23.6. The molecule has 1 aliphatic rings. The highest BCUT2D eigenvalue weighted by molar-refractivity contribution is 7.91. The predicted octanol–water partition coefficient (Wildman–Crippen LogP) is 4.19. The zero-order valence-electron chi connectivity index (χ0n) is 17.4. The van der Waals surface area contributed by atoms with Gasteiger partial charge in [-0.1, -0.05) is 18.0 Å². The molecule has 1 saturated heterocycles. The van der Waals surface area contributed by atoms with Gasteiger partial charge in [-0.2, -0.15) is 4.31 Å². The number of sulfone groups is 1. The van der Waals surface area contributed by atoms with Crippen LogP contribution >= 0.6 is 11.6 Å². The number of benzene rings is 2. The second kappa shape index (κ2) is 9.30. The first-order valence-electron chi connectivity index (χ1n) is 10.2. The normalized spacial score (nSPS) is 15.3. The molecule has 11 heteroatoms. The number of nitrogens with one attached hydrogen (secondary N) is 1. The Morgan fingerprint density at radius 1 is 0.818 bits per heavy atom. The number of nitrogens with zero attached hydrogens (tertiary/aromatic N) is 1. The van der Waals surface area contributed by atoms with Gasteiger partial charge in [0.05, 0.1) is 9.79 Å². The minimum Gasteiger partial charge on any atom is -0.439 e. The Morgan fingerprint density at radius 3 is 2.06 bits per heavy atom. The predicted molar refractivity (Wildman–Crippen MR) is 123 cm³/mol. The molecule has 1 amide bonds. The number of halogens is 1. The summed E-state index contributed by atoms with van der Waals surface area (Å²) in [4.78, 5) is 12.7. The van der Waals surface area contributed by atoms with Crippen molar-refractivity contribution in [2.45, 2.75) is 34.1 Å². The van der Waals surface area contributed by atoms with Crippen LogP contribution in [0.2, 0.25) is 5.02 Å². The van der Waals surface area contributed by atoms with E-state index in [-0.39, 0.29) is 20.6 Å². The average molecular weight is 509 g/mol. The second-order valence-corrected chi connectivity index (χ2v) is 11.8. The Labute approximate surface area is 197 Å². The zero-order valence-corrected chi connectivity index (χ0v) is 19.8. The Balaban J connectivity index is 1.47. The number of rotatable bonds is 6. The molecule has 0 aliphatic carbocycles. The molecule has 0 spiro atoms. The minimum atomic E-state index is -3.95. The van der Waals surface area contributed by atoms with E-state index in [0.29, 0.717) is 23.8 Å². The van der Waals surface area contributed by atoms with E-state index in [9.17, 15) is 21.6 Å². The van der Waals surface area contributed by atoms with Crippen LogP contribution in [0.15, 0.2) is 80.0 Å². The maximum atomic E-state index is 12.7. The third kappa shape index (κ3) is 4.98. The topological polar surface area (TPSA) is 114 Å². The summed E-state index contributed by atoms with van der Waals surface area (Å²) >= 11 is 5.80. The first-order valence-corrected chi connectivity index (χ1v) is 13.5. The third-order valence-corrected chi connectivity index (χ3v) is 9.07. The summed E-state index contributed by atoms with van der Waals surface area (Å²) in [5.74, 6) is -0.869. The fraction of sp³-hybridized carbons (Fsp3) is 0.227. The monoisotopic (exact) mass is 508 g/mol. The van der Waals surface area contributed by atoms with Gasteiger partial charge >= 0.3 is 0 Å². The highest BCUT2D eigenvalue weighted by Gasteiger charge is 2.26. The Morgan fingerprint density at radius 2 is 1.42 bits per heavy atom. The van der Waals surface area contributed by atoms with Crippen LogP contribution in [0.4, 0.5) is 5.69 Å². The minimum absolute atomic E-state index is 0.0151. The van der Waals surface area contributed by atoms with E-state index >= 15 is 0 Å². The van der Waals surface area contributed by atoms with Crippen LogP contribution in [0.1, 0.15) is 29.8 Å². The lowest BCUT2D eigenvalue weighted by atomic mass is 10.2. The van der Waals surface area contributed by atoms with Gasteiger partial charge in [-0.3, -0.25) is 4.79 Å².